The predicted molar refractivity (Wildman–Crippen MR) is 53.4 cm³/mol. The van der Waals surface area contributed by atoms with Gasteiger partial charge in [0.25, 0.3) is 0 Å². The highest BCUT2D eigenvalue weighted by Crippen LogP contribution is 2.14. The topological polar surface area (TPSA) is 15.3 Å². The van der Waals surface area contributed by atoms with Gasteiger partial charge in [-0.15, -0.1) is 0 Å². The zero-order chi connectivity index (χ0) is 8.81. The summed E-state index contributed by atoms with van der Waals surface area (Å²) in [6.07, 6.45) is 5.47. The first-order valence-electron chi connectivity index (χ1n) is 5.27. The quantitative estimate of drug-likeness (QED) is 0.672. The lowest BCUT2D eigenvalue weighted by atomic mass is 10.1. The van der Waals surface area contributed by atoms with E-state index in [-0.39, 0.29) is 0 Å². The van der Waals surface area contributed by atoms with Crippen molar-refractivity contribution in [1.82, 2.24) is 10.2 Å². The van der Waals surface area contributed by atoms with Gasteiger partial charge < -0.3 is 5.32 Å². The Balaban J connectivity index is 2.29. The molecule has 1 aliphatic rings. The van der Waals surface area contributed by atoms with Gasteiger partial charge in [0.2, 0.25) is 0 Å². The van der Waals surface area contributed by atoms with Crippen LogP contribution in [0.3, 0.4) is 0 Å². The van der Waals surface area contributed by atoms with Crippen LogP contribution < -0.4 is 5.32 Å². The molecule has 0 aromatic carbocycles. The standard InChI is InChI=1S/C10H22N2/c1-3-6-10(9-11-2)12-7-4-5-8-12/h10-11H,3-9H2,1-2H3. The number of nitrogens with zero attached hydrogens (tertiary/aromatic N) is 1. The number of rotatable bonds is 5. The summed E-state index contributed by atoms with van der Waals surface area (Å²) in [7, 11) is 2.05. The number of hydrogen-bond acceptors (Lipinski definition) is 2. The molecule has 0 saturated carbocycles. The molecule has 1 heterocycles. The number of likely N-dealkylation sites (N-methyl/N-ethyl adjacent to an activating group) is 1. The molecule has 1 fully saturated rings. The van der Waals surface area contributed by atoms with Crippen LogP contribution in [0.2, 0.25) is 0 Å². The first-order valence-corrected chi connectivity index (χ1v) is 5.27. The predicted octanol–water partition coefficient (Wildman–Crippen LogP) is 1.47. The molecule has 1 atom stereocenters. The molecule has 2 heteroatoms. The zero-order valence-corrected chi connectivity index (χ0v) is 8.47. The van der Waals surface area contributed by atoms with E-state index >= 15 is 0 Å². The minimum Gasteiger partial charge on any atom is -0.318 e. The summed E-state index contributed by atoms with van der Waals surface area (Å²) < 4.78 is 0. The first-order chi connectivity index (χ1) is 5.88. The second-order valence-corrected chi connectivity index (χ2v) is 3.74. The Hall–Kier alpha value is -0.0800. The fourth-order valence-corrected chi connectivity index (χ4v) is 2.09. The van der Waals surface area contributed by atoms with E-state index in [0.717, 1.165) is 12.6 Å². The SMILES string of the molecule is CCCC(CNC)N1CCCC1. The lowest BCUT2D eigenvalue weighted by Gasteiger charge is -2.26. The average molecular weight is 170 g/mol. The van der Waals surface area contributed by atoms with Gasteiger partial charge in [-0.25, -0.2) is 0 Å². The van der Waals surface area contributed by atoms with Gasteiger partial charge >= 0.3 is 0 Å². The molecule has 1 rings (SSSR count). The Morgan fingerprint density at radius 3 is 2.50 bits per heavy atom. The minimum atomic E-state index is 0.794. The maximum absolute atomic E-state index is 3.29. The van der Waals surface area contributed by atoms with Crippen LogP contribution in [0.25, 0.3) is 0 Å². The van der Waals surface area contributed by atoms with Crippen molar-refractivity contribution in [2.75, 3.05) is 26.7 Å². The normalized spacial score (nSPS) is 21.5. The molecule has 0 aliphatic carbocycles. The number of likely N-dealkylation sites (tertiary alicyclic amines) is 1. The molecule has 0 spiro atoms. The molecule has 0 bridgehead atoms. The molecule has 0 aromatic heterocycles. The molecule has 0 radical (unpaired) electrons. The van der Waals surface area contributed by atoms with Gasteiger partial charge in [0.05, 0.1) is 0 Å². The highest BCUT2D eigenvalue weighted by molar-refractivity contribution is 4.77. The van der Waals surface area contributed by atoms with Gasteiger partial charge in [-0.3, -0.25) is 4.90 Å². The summed E-state index contributed by atoms with van der Waals surface area (Å²) in [6.45, 7) is 6.09. The summed E-state index contributed by atoms with van der Waals surface area (Å²) >= 11 is 0. The van der Waals surface area contributed by atoms with E-state index in [0.29, 0.717) is 0 Å². The lowest BCUT2D eigenvalue weighted by molar-refractivity contribution is 0.226. The molecule has 0 aromatic rings. The van der Waals surface area contributed by atoms with E-state index in [9.17, 15) is 0 Å². The third-order valence-electron chi connectivity index (χ3n) is 2.72. The van der Waals surface area contributed by atoms with Crippen LogP contribution >= 0.6 is 0 Å². The largest absolute Gasteiger partial charge is 0.318 e. The van der Waals surface area contributed by atoms with Crippen molar-refractivity contribution in [2.45, 2.75) is 38.6 Å². The van der Waals surface area contributed by atoms with Gasteiger partial charge in [0, 0.05) is 12.6 Å². The fraction of sp³-hybridized carbons (Fsp3) is 1.00. The van der Waals surface area contributed by atoms with Crippen LogP contribution in [0.5, 0.6) is 0 Å². The van der Waals surface area contributed by atoms with Crippen molar-refractivity contribution < 1.29 is 0 Å². The fourth-order valence-electron chi connectivity index (χ4n) is 2.09. The number of hydrogen-bond donors (Lipinski definition) is 1. The summed E-state index contributed by atoms with van der Waals surface area (Å²) in [4.78, 5) is 2.64. The van der Waals surface area contributed by atoms with E-state index in [4.69, 9.17) is 0 Å². The smallest absolute Gasteiger partial charge is 0.0220 e. The van der Waals surface area contributed by atoms with Crippen LogP contribution in [-0.4, -0.2) is 37.6 Å². The van der Waals surface area contributed by atoms with Crippen molar-refractivity contribution in [3.05, 3.63) is 0 Å². The van der Waals surface area contributed by atoms with Crippen molar-refractivity contribution in [3.8, 4) is 0 Å². The third-order valence-corrected chi connectivity index (χ3v) is 2.72. The second-order valence-electron chi connectivity index (χ2n) is 3.74. The van der Waals surface area contributed by atoms with E-state index in [1.165, 1.54) is 38.8 Å². The Kier molecular flexibility index (Phi) is 4.62. The van der Waals surface area contributed by atoms with Crippen LogP contribution in [-0.2, 0) is 0 Å². The molecule has 72 valence electrons. The summed E-state index contributed by atoms with van der Waals surface area (Å²) in [6, 6.07) is 0.794. The van der Waals surface area contributed by atoms with Crippen molar-refractivity contribution in [2.24, 2.45) is 0 Å². The molecule has 1 unspecified atom stereocenters. The maximum atomic E-state index is 3.29. The van der Waals surface area contributed by atoms with Gasteiger partial charge in [-0.1, -0.05) is 13.3 Å². The van der Waals surface area contributed by atoms with Crippen molar-refractivity contribution in [1.29, 1.82) is 0 Å². The van der Waals surface area contributed by atoms with E-state index in [2.05, 4.69) is 24.2 Å². The van der Waals surface area contributed by atoms with Crippen molar-refractivity contribution >= 4 is 0 Å². The molecule has 1 saturated heterocycles. The monoisotopic (exact) mass is 170 g/mol. The highest BCUT2D eigenvalue weighted by atomic mass is 15.2. The molecule has 1 aliphatic heterocycles. The molecule has 1 N–H and O–H groups in total. The summed E-state index contributed by atoms with van der Waals surface area (Å²) in [5.74, 6) is 0. The van der Waals surface area contributed by atoms with Crippen molar-refractivity contribution in [3.63, 3.8) is 0 Å². The van der Waals surface area contributed by atoms with Gasteiger partial charge in [-0.05, 0) is 39.4 Å². The van der Waals surface area contributed by atoms with E-state index in [1.54, 1.807) is 0 Å². The molecular formula is C10H22N2. The van der Waals surface area contributed by atoms with Crippen LogP contribution in [0.1, 0.15) is 32.6 Å². The molecule has 12 heavy (non-hydrogen) atoms. The van der Waals surface area contributed by atoms with Crippen LogP contribution in [0.4, 0.5) is 0 Å². The minimum absolute atomic E-state index is 0.794. The Morgan fingerprint density at radius 2 is 2.00 bits per heavy atom. The Morgan fingerprint density at radius 1 is 1.33 bits per heavy atom. The zero-order valence-electron chi connectivity index (χ0n) is 8.47. The summed E-state index contributed by atoms with van der Waals surface area (Å²) in [5, 5.41) is 3.29. The molecular weight excluding hydrogens is 148 g/mol. The maximum Gasteiger partial charge on any atom is 0.0220 e. The van der Waals surface area contributed by atoms with Crippen LogP contribution in [0, 0.1) is 0 Å². The lowest BCUT2D eigenvalue weighted by Crippen LogP contribution is -2.39. The van der Waals surface area contributed by atoms with E-state index < -0.39 is 0 Å². The molecule has 2 nitrogen and oxygen atoms in total. The Bertz CT molecular complexity index is 102. The van der Waals surface area contributed by atoms with Gasteiger partial charge in [-0.2, -0.15) is 0 Å². The molecule has 0 amide bonds. The third kappa shape index (κ3) is 2.76. The van der Waals surface area contributed by atoms with Crippen LogP contribution in [0.15, 0.2) is 0 Å². The number of nitrogens with one attached hydrogen (secondary N) is 1. The van der Waals surface area contributed by atoms with E-state index in [1.807, 2.05) is 0 Å². The average Bonchev–Trinajstić information content (AvgIpc) is 2.56. The summed E-state index contributed by atoms with van der Waals surface area (Å²) in [5.41, 5.74) is 0. The van der Waals surface area contributed by atoms with Gasteiger partial charge in [0.15, 0.2) is 0 Å². The first kappa shape index (κ1) is 10.0. The van der Waals surface area contributed by atoms with Gasteiger partial charge in [0.1, 0.15) is 0 Å². The highest BCUT2D eigenvalue weighted by Gasteiger charge is 2.19. The second kappa shape index (κ2) is 5.55. The Labute approximate surface area is 76.3 Å².